The van der Waals surface area contributed by atoms with E-state index in [0.29, 0.717) is 10.4 Å². The van der Waals surface area contributed by atoms with E-state index in [4.69, 9.17) is 0 Å². The second-order valence-corrected chi connectivity index (χ2v) is 8.45. The minimum absolute atomic E-state index is 0.238. The van der Waals surface area contributed by atoms with Crippen LogP contribution in [0.1, 0.15) is 24.5 Å². The van der Waals surface area contributed by atoms with Crippen molar-refractivity contribution < 1.29 is 8.42 Å². The molecule has 6 heteroatoms. The van der Waals surface area contributed by atoms with Gasteiger partial charge in [-0.25, -0.2) is 12.4 Å². The number of pyridine rings is 1. The first-order valence-corrected chi connectivity index (χ1v) is 9.96. The highest BCUT2D eigenvalue weighted by molar-refractivity contribution is 7.90. The minimum Gasteiger partial charge on any atom is -0.306 e. The highest BCUT2D eigenvalue weighted by Crippen LogP contribution is 2.34. The SMILES string of the molecule is CN1CCC(c2cc3cnccc3n2S(=O)(=O)c2ccccc2)CC1. The fraction of sp³-hybridized carbons (Fsp3) is 0.316. The van der Waals surface area contributed by atoms with Crippen LogP contribution in [0.25, 0.3) is 10.9 Å². The van der Waals surface area contributed by atoms with Crippen LogP contribution in [0, 0.1) is 0 Å². The van der Waals surface area contributed by atoms with Crippen LogP contribution in [0.3, 0.4) is 0 Å². The predicted molar refractivity (Wildman–Crippen MR) is 98.2 cm³/mol. The van der Waals surface area contributed by atoms with Gasteiger partial charge in [-0.3, -0.25) is 4.98 Å². The largest absolute Gasteiger partial charge is 0.306 e. The van der Waals surface area contributed by atoms with Gasteiger partial charge in [-0.2, -0.15) is 0 Å². The summed E-state index contributed by atoms with van der Waals surface area (Å²) in [6.07, 6.45) is 5.32. The molecule has 1 fully saturated rings. The van der Waals surface area contributed by atoms with Gasteiger partial charge in [-0.1, -0.05) is 18.2 Å². The Morgan fingerprint density at radius 1 is 1.08 bits per heavy atom. The third-order valence-electron chi connectivity index (χ3n) is 5.00. The Morgan fingerprint density at radius 3 is 2.52 bits per heavy atom. The van der Waals surface area contributed by atoms with Crippen molar-refractivity contribution >= 4 is 20.9 Å². The number of hydrogen-bond acceptors (Lipinski definition) is 4. The molecular formula is C19H21N3O2S. The molecular weight excluding hydrogens is 334 g/mol. The van der Waals surface area contributed by atoms with Gasteiger partial charge < -0.3 is 4.90 Å². The average Bonchev–Trinajstić information content (AvgIpc) is 3.03. The first-order chi connectivity index (χ1) is 12.1. The summed E-state index contributed by atoms with van der Waals surface area (Å²) in [6.45, 7) is 1.96. The molecule has 25 heavy (non-hydrogen) atoms. The molecule has 0 radical (unpaired) electrons. The molecule has 0 bridgehead atoms. The summed E-state index contributed by atoms with van der Waals surface area (Å²) in [7, 11) is -1.53. The van der Waals surface area contributed by atoms with Gasteiger partial charge in [0.15, 0.2) is 0 Å². The molecule has 0 N–H and O–H groups in total. The van der Waals surface area contributed by atoms with Gasteiger partial charge in [0.05, 0.1) is 10.4 Å². The molecule has 0 saturated carbocycles. The summed E-state index contributed by atoms with van der Waals surface area (Å²) in [5, 5.41) is 0.871. The van der Waals surface area contributed by atoms with E-state index in [9.17, 15) is 8.42 Å². The third-order valence-corrected chi connectivity index (χ3v) is 6.76. The van der Waals surface area contributed by atoms with Gasteiger partial charge in [-0.05, 0) is 57.2 Å². The molecule has 3 heterocycles. The summed E-state index contributed by atoms with van der Waals surface area (Å²) in [5.41, 5.74) is 1.58. The summed E-state index contributed by atoms with van der Waals surface area (Å²) >= 11 is 0. The van der Waals surface area contributed by atoms with Gasteiger partial charge >= 0.3 is 0 Å². The van der Waals surface area contributed by atoms with Crippen LogP contribution in [0.5, 0.6) is 0 Å². The fourth-order valence-corrected chi connectivity index (χ4v) is 5.22. The molecule has 3 aromatic rings. The van der Waals surface area contributed by atoms with Crippen molar-refractivity contribution in [3.05, 3.63) is 60.6 Å². The predicted octanol–water partition coefficient (Wildman–Crippen LogP) is 3.08. The van der Waals surface area contributed by atoms with E-state index in [0.717, 1.165) is 37.0 Å². The van der Waals surface area contributed by atoms with E-state index >= 15 is 0 Å². The number of likely N-dealkylation sites (tertiary alicyclic amines) is 1. The van der Waals surface area contributed by atoms with Crippen LogP contribution in [0.4, 0.5) is 0 Å². The number of nitrogens with zero attached hydrogens (tertiary/aromatic N) is 3. The Labute approximate surface area is 148 Å². The third kappa shape index (κ3) is 2.85. The van der Waals surface area contributed by atoms with E-state index in [-0.39, 0.29) is 5.92 Å². The molecule has 5 nitrogen and oxygen atoms in total. The normalized spacial score (nSPS) is 17.2. The highest BCUT2D eigenvalue weighted by atomic mass is 32.2. The summed E-state index contributed by atoms with van der Waals surface area (Å²) < 4.78 is 28.3. The van der Waals surface area contributed by atoms with Gasteiger partial charge in [0.25, 0.3) is 10.0 Å². The van der Waals surface area contributed by atoms with Crippen molar-refractivity contribution in [2.75, 3.05) is 20.1 Å². The van der Waals surface area contributed by atoms with E-state index in [2.05, 4.69) is 16.9 Å². The van der Waals surface area contributed by atoms with E-state index < -0.39 is 10.0 Å². The fourth-order valence-electron chi connectivity index (χ4n) is 3.61. The zero-order valence-electron chi connectivity index (χ0n) is 14.2. The number of benzene rings is 1. The number of piperidine rings is 1. The lowest BCUT2D eigenvalue weighted by Gasteiger charge is -2.29. The molecule has 0 amide bonds. The standard InChI is InChI=1S/C19H21N3O2S/c1-21-11-8-15(9-12-21)19-13-16-14-20-10-7-18(16)22(19)25(23,24)17-5-3-2-4-6-17/h2-7,10,13-15H,8-9,11-12H2,1H3. The zero-order valence-corrected chi connectivity index (χ0v) is 15.0. The van der Waals surface area contributed by atoms with Crippen molar-refractivity contribution in [2.45, 2.75) is 23.7 Å². The number of aromatic nitrogens is 2. The molecule has 0 aliphatic carbocycles. The first-order valence-electron chi connectivity index (χ1n) is 8.52. The van der Waals surface area contributed by atoms with Crippen LogP contribution in [0.2, 0.25) is 0 Å². The monoisotopic (exact) mass is 355 g/mol. The molecule has 0 atom stereocenters. The Balaban J connectivity index is 1.91. The first kappa shape index (κ1) is 16.3. The lowest BCUT2D eigenvalue weighted by Crippen LogP contribution is -2.30. The van der Waals surface area contributed by atoms with Crippen LogP contribution < -0.4 is 0 Å². The van der Waals surface area contributed by atoms with Crippen LogP contribution in [0.15, 0.2) is 59.8 Å². The number of fused-ring (bicyclic) bond motifs is 1. The number of hydrogen-bond donors (Lipinski definition) is 0. The van der Waals surface area contributed by atoms with E-state index in [1.54, 1.807) is 42.7 Å². The topological polar surface area (TPSA) is 55.2 Å². The Bertz CT molecular complexity index is 988. The quantitative estimate of drug-likeness (QED) is 0.724. The molecule has 4 rings (SSSR count). The smallest absolute Gasteiger partial charge is 0.268 e. The molecule has 0 spiro atoms. The van der Waals surface area contributed by atoms with Crippen molar-refractivity contribution in [3.63, 3.8) is 0 Å². The number of rotatable bonds is 3. The van der Waals surface area contributed by atoms with E-state index in [1.807, 2.05) is 12.1 Å². The molecule has 1 aromatic carbocycles. The molecule has 1 aliphatic heterocycles. The molecule has 1 aliphatic rings. The minimum atomic E-state index is -3.64. The average molecular weight is 355 g/mol. The van der Waals surface area contributed by atoms with Gasteiger partial charge in [0.1, 0.15) is 0 Å². The van der Waals surface area contributed by atoms with E-state index in [1.165, 1.54) is 3.97 Å². The molecule has 0 unspecified atom stereocenters. The maximum absolute atomic E-state index is 13.4. The van der Waals surface area contributed by atoms with Gasteiger partial charge in [0, 0.05) is 29.4 Å². The highest BCUT2D eigenvalue weighted by Gasteiger charge is 2.28. The van der Waals surface area contributed by atoms with Crippen molar-refractivity contribution in [3.8, 4) is 0 Å². The van der Waals surface area contributed by atoms with Crippen LogP contribution >= 0.6 is 0 Å². The maximum atomic E-state index is 13.4. The second-order valence-electron chi connectivity index (χ2n) is 6.66. The van der Waals surface area contributed by atoms with Crippen LogP contribution in [-0.4, -0.2) is 42.4 Å². The Morgan fingerprint density at radius 2 is 1.80 bits per heavy atom. The van der Waals surface area contributed by atoms with Gasteiger partial charge in [0.2, 0.25) is 0 Å². The Kier molecular flexibility index (Phi) is 4.09. The van der Waals surface area contributed by atoms with Crippen molar-refractivity contribution in [1.82, 2.24) is 13.9 Å². The molecule has 1 saturated heterocycles. The Hall–Kier alpha value is -2.18. The zero-order chi connectivity index (χ0) is 17.4. The lowest BCUT2D eigenvalue weighted by atomic mass is 9.94. The summed E-state index contributed by atoms with van der Waals surface area (Å²) in [4.78, 5) is 6.77. The van der Waals surface area contributed by atoms with Crippen LogP contribution in [-0.2, 0) is 10.0 Å². The maximum Gasteiger partial charge on any atom is 0.268 e. The lowest BCUT2D eigenvalue weighted by molar-refractivity contribution is 0.253. The van der Waals surface area contributed by atoms with Crippen molar-refractivity contribution in [2.24, 2.45) is 0 Å². The molecule has 130 valence electrons. The van der Waals surface area contributed by atoms with Gasteiger partial charge in [-0.15, -0.1) is 0 Å². The second kappa shape index (κ2) is 6.28. The summed E-state index contributed by atoms with van der Waals surface area (Å²) in [6, 6.07) is 12.4. The van der Waals surface area contributed by atoms with Crippen molar-refractivity contribution in [1.29, 1.82) is 0 Å². The summed E-state index contributed by atoms with van der Waals surface area (Å²) in [5.74, 6) is 0.238. The molecule has 2 aromatic heterocycles.